The summed E-state index contributed by atoms with van der Waals surface area (Å²) in [5, 5.41) is 7.02. The first-order valence-electron chi connectivity index (χ1n) is 6.05. The van der Waals surface area contributed by atoms with Crippen LogP contribution in [-0.2, 0) is 6.42 Å². The standard InChI is InChI=1S/C13H15BrFN3O/c1-8(16-2)3-4-12-17-13(18-19-12)9-5-10(14)7-11(15)6-9/h5-8,16H,3-4H2,1-2H3. The molecule has 19 heavy (non-hydrogen) atoms. The summed E-state index contributed by atoms with van der Waals surface area (Å²) in [6.45, 7) is 2.08. The predicted octanol–water partition coefficient (Wildman–Crippen LogP) is 3.18. The molecule has 2 rings (SSSR count). The number of nitrogens with one attached hydrogen (secondary N) is 1. The van der Waals surface area contributed by atoms with E-state index in [1.54, 1.807) is 6.07 Å². The lowest BCUT2D eigenvalue weighted by Gasteiger charge is -2.06. The average molecular weight is 328 g/mol. The zero-order chi connectivity index (χ0) is 13.8. The highest BCUT2D eigenvalue weighted by Gasteiger charge is 2.11. The van der Waals surface area contributed by atoms with Crippen LogP contribution in [0.5, 0.6) is 0 Å². The fraction of sp³-hybridized carbons (Fsp3) is 0.385. The number of aromatic nitrogens is 2. The van der Waals surface area contributed by atoms with Crippen molar-refractivity contribution in [2.75, 3.05) is 7.05 Å². The van der Waals surface area contributed by atoms with Crippen LogP contribution in [-0.4, -0.2) is 23.2 Å². The molecule has 102 valence electrons. The van der Waals surface area contributed by atoms with Gasteiger partial charge in [-0.05, 0) is 38.6 Å². The molecule has 4 nitrogen and oxygen atoms in total. The molecule has 0 saturated carbocycles. The summed E-state index contributed by atoms with van der Waals surface area (Å²) in [4.78, 5) is 4.28. The van der Waals surface area contributed by atoms with Gasteiger partial charge in [0.1, 0.15) is 5.82 Å². The van der Waals surface area contributed by atoms with E-state index in [4.69, 9.17) is 4.52 Å². The van der Waals surface area contributed by atoms with Crippen molar-refractivity contribution in [1.29, 1.82) is 0 Å². The molecule has 0 spiro atoms. The van der Waals surface area contributed by atoms with Crippen molar-refractivity contribution in [2.24, 2.45) is 0 Å². The van der Waals surface area contributed by atoms with Crippen LogP contribution >= 0.6 is 15.9 Å². The van der Waals surface area contributed by atoms with E-state index in [2.05, 4.69) is 38.3 Å². The molecule has 0 amide bonds. The minimum absolute atomic E-state index is 0.334. The highest BCUT2D eigenvalue weighted by atomic mass is 79.9. The number of benzene rings is 1. The van der Waals surface area contributed by atoms with Crippen molar-refractivity contribution < 1.29 is 8.91 Å². The Bertz CT molecular complexity index is 538. The van der Waals surface area contributed by atoms with Gasteiger partial charge in [0.15, 0.2) is 0 Å². The molecular formula is C13H15BrFN3O. The molecule has 0 aliphatic rings. The van der Waals surface area contributed by atoms with E-state index >= 15 is 0 Å². The van der Waals surface area contributed by atoms with Crippen molar-refractivity contribution in [3.05, 3.63) is 34.4 Å². The molecule has 0 saturated heterocycles. The first kappa shape index (κ1) is 14.1. The SMILES string of the molecule is CNC(C)CCc1nc(-c2cc(F)cc(Br)c2)no1. The molecule has 0 aliphatic carbocycles. The molecule has 0 aliphatic heterocycles. The first-order valence-corrected chi connectivity index (χ1v) is 6.84. The second kappa shape index (κ2) is 6.25. The highest BCUT2D eigenvalue weighted by Crippen LogP contribution is 2.22. The van der Waals surface area contributed by atoms with Gasteiger partial charge in [-0.15, -0.1) is 0 Å². The fourth-order valence-electron chi connectivity index (χ4n) is 1.64. The molecule has 1 aromatic heterocycles. The summed E-state index contributed by atoms with van der Waals surface area (Å²) in [6, 6.07) is 4.92. The lowest BCUT2D eigenvalue weighted by atomic mass is 10.2. The first-order chi connectivity index (χ1) is 9.08. The van der Waals surface area contributed by atoms with Crippen molar-refractivity contribution in [1.82, 2.24) is 15.5 Å². The quantitative estimate of drug-likeness (QED) is 0.916. The third kappa shape index (κ3) is 3.84. The zero-order valence-corrected chi connectivity index (χ0v) is 12.4. The van der Waals surface area contributed by atoms with E-state index < -0.39 is 0 Å². The van der Waals surface area contributed by atoms with E-state index in [9.17, 15) is 4.39 Å². The van der Waals surface area contributed by atoms with E-state index in [0.717, 1.165) is 6.42 Å². The third-order valence-electron chi connectivity index (χ3n) is 2.87. The second-order valence-electron chi connectivity index (χ2n) is 4.40. The van der Waals surface area contributed by atoms with Gasteiger partial charge in [-0.1, -0.05) is 21.1 Å². The Labute approximate surface area is 119 Å². The fourth-order valence-corrected chi connectivity index (χ4v) is 2.11. The van der Waals surface area contributed by atoms with Crippen LogP contribution in [0.4, 0.5) is 4.39 Å². The Morgan fingerprint density at radius 2 is 2.21 bits per heavy atom. The van der Waals surface area contributed by atoms with Crippen molar-refractivity contribution >= 4 is 15.9 Å². The van der Waals surface area contributed by atoms with Crippen LogP contribution in [0.3, 0.4) is 0 Å². The van der Waals surface area contributed by atoms with E-state index in [0.29, 0.717) is 34.2 Å². The number of rotatable bonds is 5. The maximum absolute atomic E-state index is 13.3. The molecule has 0 fully saturated rings. The number of hydrogen-bond donors (Lipinski definition) is 1. The van der Waals surface area contributed by atoms with Crippen molar-refractivity contribution in [3.63, 3.8) is 0 Å². The third-order valence-corrected chi connectivity index (χ3v) is 3.33. The summed E-state index contributed by atoms with van der Waals surface area (Å²) < 4.78 is 19.1. The van der Waals surface area contributed by atoms with E-state index in [1.807, 2.05) is 7.05 Å². The molecule has 1 unspecified atom stereocenters. The number of nitrogens with zero attached hydrogens (tertiary/aromatic N) is 2. The van der Waals surface area contributed by atoms with Gasteiger partial charge < -0.3 is 9.84 Å². The van der Waals surface area contributed by atoms with E-state index in [1.165, 1.54) is 12.1 Å². The van der Waals surface area contributed by atoms with Gasteiger partial charge in [0.2, 0.25) is 11.7 Å². The number of halogens is 2. The van der Waals surface area contributed by atoms with Crippen molar-refractivity contribution in [2.45, 2.75) is 25.8 Å². The Morgan fingerprint density at radius 1 is 1.42 bits per heavy atom. The van der Waals surface area contributed by atoms with Crippen LogP contribution in [0.15, 0.2) is 27.2 Å². The zero-order valence-electron chi connectivity index (χ0n) is 10.8. The van der Waals surface area contributed by atoms with Crippen LogP contribution < -0.4 is 5.32 Å². The molecule has 1 N–H and O–H groups in total. The molecule has 1 atom stereocenters. The molecular weight excluding hydrogens is 313 g/mol. The van der Waals surface area contributed by atoms with Crippen LogP contribution in [0.1, 0.15) is 19.2 Å². The summed E-state index contributed by atoms with van der Waals surface area (Å²) in [5.74, 6) is 0.643. The molecule has 1 heterocycles. The molecule has 0 radical (unpaired) electrons. The molecule has 1 aromatic carbocycles. The maximum atomic E-state index is 13.3. The van der Waals surface area contributed by atoms with Gasteiger partial charge >= 0.3 is 0 Å². The van der Waals surface area contributed by atoms with Crippen LogP contribution in [0.25, 0.3) is 11.4 Å². The summed E-state index contributed by atoms with van der Waals surface area (Å²) in [5.41, 5.74) is 0.600. The number of aryl methyl sites for hydroxylation is 1. The van der Waals surface area contributed by atoms with Gasteiger partial charge in [-0.3, -0.25) is 0 Å². The monoisotopic (exact) mass is 327 g/mol. The van der Waals surface area contributed by atoms with E-state index in [-0.39, 0.29) is 5.82 Å². The lowest BCUT2D eigenvalue weighted by molar-refractivity contribution is 0.369. The summed E-state index contributed by atoms with van der Waals surface area (Å²) in [7, 11) is 1.91. The summed E-state index contributed by atoms with van der Waals surface area (Å²) >= 11 is 3.24. The highest BCUT2D eigenvalue weighted by molar-refractivity contribution is 9.10. The van der Waals surface area contributed by atoms with Gasteiger partial charge in [0.25, 0.3) is 0 Å². The largest absolute Gasteiger partial charge is 0.339 e. The van der Waals surface area contributed by atoms with Crippen LogP contribution in [0.2, 0.25) is 0 Å². The second-order valence-corrected chi connectivity index (χ2v) is 5.31. The molecule has 6 heteroatoms. The number of hydrogen-bond acceptors (Lipinski definition) is 4. The smallest absolute Gasteiger partial charge is 0.227 e. The predicted molar refractivity (Wildman–Crippen MR) is 74.2 cm³/mol. The Balaban J connectivity index is 2.12. The average Bonchev–Trinajstić information content (AvgIpc) is 2.83. The molecule has 0 bridgehead atoms. The van der Waals surface area contributed by atoms with Gasteiger partial charge in [-0.2, -0.15) is 4.98 Å². The van der Waals surface area contributed by atoms with Gasteiger partial charge in [0.05, 0.1) is 0 Å². The van der Waals surface area contributed by atoms with Crippen LogP contribution in [0, 0.1) is 5.82 Å². The lowest BCUT2D eigenvalue weighted by Crippen LogP contribution is -2.21. The normalized spacial score (nSPS) is 12.6. The van der Waals surface area contributed by atoms with Gasteiger partial charge in [-0.25, -0.2) is 4.39 Å². The minimum atomic E-state index is -0.334. The maximum Gasteiger partial charge on any atom is 0.227 e. The topological polar surface area (TPSA) is 51.0 Å². The van der Waals surface area contributed by atoms with Gasteiger partial charge in [0, 0.05) is 22.5 Å². The van der Waals surface area contributed by atoms with Crippen molar-refractivity contribution in [3.8, 4) is 11.4 Å². The minimum Gasteiger partial charge on any atom is -0.339 e. The Kier molecular flexibility index (Phi) is 4.66. The summed E-state index contributed by atoms with van der Waals surface area (Å²) in [6.07, 6.45) is 1.61. The Hall–Kier alpha value is -1.27. The Morgan fingerprint density at radius 3 is 2.89 bits per heavy atom. The molecule has 2 aromatic rings.